The monoisotopic (exact) mass is 282 g/mol. The van der Waals surface area contributed by atoms with Crippen molar-refractivity contribution in [1.29, 1.82) is 0 Å². The first-order valence-corrected chi connectivity index (χ1v) is 6.25. The van der Waals surface area contributed by atoms with Crippen molar-refractivity contribution >= 4 is 27.5 Å². The molecule has 1 aromatic rings. The number of halogens is 1. The van der Waals surface area contributed by atoms with Gasteiger partial charge in [-0.2, -0.15) is 0 Å². The number of nitrogens with zero attached hydrogens (tertiary/aromatic N) is 1. The predicted molar refractivity (Wildman–Crippen MR) is 68.7 cm³/mol. The molecule has 0 spiro atoms. The summed E-state index contributed by atoms with van der Waals surface area (Å²) in [5, 5.41) is 3.09. The molecule has 1 heterocycles. The number of hydrogen-bond acceptors (Lipinski definition) is 2. The van der Waals surface area contributed by atoms with Crippen LogP contribution in [0, 0.1) is 0 Å². The molecule has 16 heavy (non-hydrogen) atoms. The number of hydrogen-bond donors (Lipinski definition) is 1. The average Bonchev–Trinajstić information content (AvgIpc) is 2.56. The van der Waals surface area contributed by atoms with E-state index < -0.39 is 0 Å². The summed E-state index contributed by atoms with van der Waals surface area (Å²) in [4.78, 5) is 13.7. The van der Waals surface area contributed by atoms with Crippen molar-refractivity contribution in [1.82, 2.24) is 5.32 Å². The van der Waals surface area contributed by atoms with Gasteiger partial charge in [0.2, 0.25) is 5.91 Å². The van der Waals surface area contributed by atoms with Gasteiger partial charge in [0, 0.05) is 16.7 Å². The number of anilines is 1. The van der Waals surface area contributed by atoms with E-state index in [0.29, 0.717) is 6.42 Å². The van der Waals surface area contributed by atoms with Gasteiger partial charge in [-0.1, -0.05) is 22.0 Å². The van der Waals surface area contributed by atoms with Crippen LogP contribution in [-0.4, -0.2) is 26.0 Å². The fourth-order valence-corrected chi connectivity index (χ4v) is 2.34. The summed E-state index contributed by atoms with van der Waals surface area (Å²) in [5.41, 5.74) is 2.20. The summed E-state index contributed by atoms with van der Waals surface area (Å²) in [6, 6.07) is 6.04. The lowest BCUT2D eigenvalue weighted by Crippen LogP contribution is -2.29. The second-order valence-corrected chi connectivity index (χ2v) is 4.87. The molecule has 1 amide bonds. The molecule has 1 aliphatic rings. The average molecular weight is 283 g/mol. The highest BCUT2D eigenvalue weighted by Crippen LogP contribution is 2.31. The third-order valence-electron chi connectivity index (χ3n) is 2.79. The third-order valence-corrected chi connectivity index (χ3v) is 3.28. The van der Waals surface area contributed by atoms with E-state index in [4.69, 9.17) is 0 Å². The van der Waals surface area contributed by atoms with Crippen molar-refractivity contribution < 1.29 is 4.79 Å². The molecule has 2 rings (SSSR count). The molecule has 86 valence electrons. The fraction of sp³-hybridized carbons (Fsp3) is 0.417. The number of rotatable bonds is 4. The Hall–Kier alpha value is -0.870. The first-order chi connectivity index (χ1) is 7.72. The molecule has 0 saturated carbocycles. The quantitative estimate of drug-likeness (QED) is 0.857. The lowest BCUT2D eigenvalue weighted by molar-refractivity contribution is -0.117. The van der Waals surface area contributed by atoms with Gasteiger partial charge >= 0.3 is 0 Å². The van der Waals surface area contributed by atoms with Crippen molar-refractivity contribution in [2.75, 3.05) is 25.0 Å². The van der Waals surface area contributed by atoms with Crippen LogP contribution in [0.5, 0.6) is 0 Å². The molecule has 0 aliphatic carbocycles. The van der Waals surface area contributed by atoms with E-state index in [2.05, 4.69) is 21.2 Å². The van der Waals surface area contributed by atoms with Crippen LogP contribution in [0.25, 0.3) is 0 Å². The summed E-state index contributed by atoms with van der Waals surface area (Å²) >= 11 is 3.44. The van der Waals surface area contributed by atoms with Crippen LogP contribution in [0.4, 0.5) is 5.69 Å². The van der Waals surface area contributed by atoms with Crippen LogP contribution in [0.15, 0.2) is 22.7 Å². The maximum Gasteiger partial charge on any atom is 0.231 e. The summed E-state index contributed by atoms with van der Waals surface area (Å²) < 4.78 is 1.03. The molecule has 0 aromatic heterocycles. The van der Waals surface area contributed by atoms with E-state index in [-0.39, 0.29) is 5.91 Å². The Kier molecular flexibility index (Phi) is 3.61. The lowest BCUT2D eigenvalue weighted by atomic mass is 10.2. The van der Waals surface area contributed by atoms with Crippen molar-refractivity contribution in [2.45, 2.75) is 12.8 Å². The molecule has 0 bridgehead atoms. The fourth-order valence-electron chi connectivity index (χ4n) is 1.99. The molecule has 0 saturated heterocycles. The SMILES string of the molecule is CNCCCN1C(=O)Cc2ccc(Br)cc21. The van der Waals surface area contributed by atoms with Crippen molar-refractivity contribution in [3.8, 4) is 0 Å². The minimum absolute atomic E-state index is 0.212. The normalized spacial score (nSPS) is 14.4. The third kappa shape index (κ3) is 2.28. The van der Waals surface area contributed by atoms with Crippen LogP contribution in [0.1, 0.15) is 12.0 Å². The van der Waals surface area contributed by atoms with Crippen LogP contribution >= 0.6 is 15.9 Å². The molecule has 0 fully saturated rings. The Bertz CT molecular complexity index is 406. The minimum Gasteiger partial charge on any atom is -0.320 e. The van der Waals surface area contributed by atoms with Gasteiger partial charge in [-0.05, 0) is 37.7 Å². The molecular formula is C12H15BrN2O. The second-order valence-electron chi connectivity index (χ2n) is 3.95. The zero-order chi connectivity index (χ0) is 11.5. The molecule has 0 radical (unpaired) electrons. The highest BCUT2D eigenvalue weighted by Gasteiger charge is 2.26. The van der Waals surface area contributed by atoms with E-state index in [1.165, 1.54) is 0 Å². The molecule has 1 aromatic carbocycles. The Morgan fingerprint density at radius 3 is 3.06 bits per heavy atom. The second kappa shape index (κ2) is 4.97. The van der Waals surface area contributed by atoms with Crippen LogP contribution < -0.4 is 10.2 Å². The Morgan fingerprint density at radius 1 is 1.50 bits per heavy atom. The number of fused-ring (bicyclic) bond motifs is 1. The highest BCUT2D eigenvalue weighted by molar-refractivity contribution is 9.10. The summed E-state index contributed by atoms with van der Waals surface area (Å²) in [5.74, 6) is 0.212. The van der Waals surface area contributed by atoms with Gasteiger partial charge in [0.15, 0.2) is 0 Å². The molecule has 4 heteroatoms. The van der Waals surface area contributed by atoms with Gasteiger partial charge in [-0.15, -0.1) is 0 Å². The Balaban J connectivity index is 2.15. The lowest BCUT2D eigenvalue weighted by Gasteiger charge is -2.17. The van der Waals surface area contributed by atoms with Crippen molar-refractivity contribution in [2.24, 2.45) is 0 Å². The van der Waals surface area contributed by atoms with Crippen LogP contribution in [0.2, 0.25) is 0 Å². The molecule has 3 nitrogen and oxygen atoms in total. The maximum atomic E-state index is 11.8. The Labute approximate surface area is 104 Å². The molecule has 1 N–H and O–H groups in total. The molecule has 1 aliphatic heterocycles. The first kappa shape index (κ1) is 11.6. The number of amides is 1. The molecule has 0 unspecified atom stereocenters. The zero-order valence-electron chi connectivity index (χ0n) is 9.29. The summed E-state index contributed by atoms with van der Waals surface area (Å²) in [7, 11) is 1.93. The summed E-state index contributed by atoms with van der Waals surface area (Å²) in [6.07, 6.45) is 1.52. The van der Waals surface area contributed by atoms with Crippen LogP contribution in [-0.2, 0) is 11.2 Å². The van der Waals surface area contributed by atoms with Gasteiger partial charge in [-0.25, -0.2) is 0 Å². The minimum atomic E-state index is 0.212. The van der Waals surface area contributed by atoms with Gasteiger partial charge in [-0.3, -0.25) is 4.79 Å². The number of nitrogens with one attached hydrogen (secondary N) is 1. The molecule has 0 atom stereocenters. The van der Waals surface area contributed by atoms with Gasteiger partial charge in [0.25, 0.3) is 0 Å². The van der Waals surface area contributed by atoms with Crippen LogP contribution in [0.3, 0.4) is 0 Å². The van der Waals surface area contributed by atoms with Crippen molar-refractivity contribution in [3.05, 3.63) is 28.2 Å². The number of carbonyl (C=O) groups excluding carboxylic acids is 1. The van der Waals surface area contributed by atoms with Gasteiger partial charge in [0.1, 0.15) is 0 Å². The van der Waals surface area contributed by atoms with Crippen molar-refractivity contribution in [3.63, 3.8) is 0 Å². The zero-order valence-corrected chi connectivity index (χ0v) is 10.9. The van der Waals surface area contributed by atoms with Gasteiger partial charge < -0.3 is 10.2 Å². The van der Waals surface area contributed by atoms with E-state index in [1.807, 2.05) is 30.1 Å². The van der Waals surface area contributed by atoms with E-state index in [9.17, 15) is 4.79 Å². The maximum absolute atomic E-state index is 11.8. The predicted octanol–water partition coefficient (Wildman–Crippen LogP) is 1.95. The standard InChI is InChI=1S/C12H15BrN2O/c1-14-5-2-6-15-11-8-10(13)4-3-9(11)7-12(15)16/h3-4,8,14H,2,5-7H2,1H3. The topological polar surface area (TPSA) is 32.3 Å². The highest BCUT2D eigenvalue weighted by atomic mass is 79.9. The molecular weight excluding hydrogens is 268 g/mol. The Morgan fingerprint density at radius 2 is 2.31 bits per heavy atom. The largest absolute Gasteiger partial charge is 0.320 e. The van der Waals surface area contributed by atoms with E-state index in [1.54, 1.807) is 0 Å². The van der Waals surface area contributed by atoms with Gasteiger partial charge in [0.05, 0.1) is 6.42 Å². The number of carbonyl (C=O) groups is 1. The van der Waals surface area contributed by atoms with E-state index in [0.717, 1.165) is 35.2 Å². The smallest absolute Gasteiger partial charge is 0.231 e. The van der Waals surface area contributed by atoms with E-state index >= 15 is 0 Å². The summed E-state index contributed by atoms with van der Waals surface area (Å²) in [6.45, 7) is 1.73. The number of benzene rings is 1. The first-order valence-electron chi connectivity index (χ1n) is 5.46.